The van der Waals surface area contributed by atoms with E-state index in [1.165, 1.54) is 57.8 Å². The lowest BCUT2D eigenvalue weighted by atomic mass is 10.1. The van der Waals surface area contributed by atoms with E-state index in [-0.39, 0.29) is 0 Å². The number of rotatable bonds is 11. The Labute approximate surface area is 108 Å². The topological polar surface area (TPSA) is 29.5 Å². The lowest BCUT2D eigenvalue weighted by Crippen LogP contribution is -1.84. The van der Waals surface area contributed by atoms with Gasteiger partial charge in [-0.1, -0.05) is 51.0 Å². The standard InChI is InChI=1S/C13H26O.C2H6O/c1-2-3-4-5-6-7-8-9-10-11-12-13-14;1-3-2/h2,14H,1,3-13H2;1-2H3. The van der Waals surface area contributed by atoms with E-state index >= 15 is 0 Å². The van der Waals surface area contributed by atoms with Crippen LogP contribution in [0, 0.1) is 0 Å². The summed E-state index contributed by atoms with van der Waals surface area (Å²) in [6, 6.07) is 0. The molecule has 0 aliphatic heterocycles. The summed E-state index contributed by atoms with van der Waals surface area (Å²) in [4.78, 5) is 0. The zero-order valence-corrected chi connectivity index (χ0v) is 11.9. The minimum atomic E-state index is 0.363. The summed E-state index contributed by atoms with van der Waals surface area (Å²) >= 11 is 0. The second kappa shape index (κ2) is 21.0. The Morgan fingerprint density at radius 2 is 1.18 bits per heavy atom. The van der Waals surface area contributed by atoms with Crippen LogP contribution in [0.3, 0.4) is 0 Å². The number of methoxy groups -OCH3 is 1. The van der Waals surface area contributed by atoms with E-state index in [0.717, 1.165) is 6.42 Å². The summed E-state index contributed by atoms with van der Waals surface area (Å²) < 4.78 is 4.25. The number of hydrogen-bond acceptors (Lipinski definition) is 2. The van der Waals surface area contributed by atoms with Crippen LogP contribution in [0.2, 0.25) is 0 Å². The molecule has 0 atom stereocenters. The highest BCUT2D eigenvalue weighted by Crippen LogP contribution is 2.10. The maximum Gasteiger partial charge on any atom is 0.0431 e. The molecule has 0 fully saturated rings. The maximum absolute atomic E-state index is 8.58. The van der Waals surface area contributed by atoms with E-state index in [1.54, 1.807) is 14.2 Å². The Kier molecular flexibility index (Phi) is 23.5. The molecule has 0 bridgehead atoms. The first kappa shape index (κ1) is 19.0. The van der Waals surface area contributed by atoms with Gasteiger partial charge in [0.1, 0.15) is 0 Å². The molecule has 1 N–H and O–H groups in total. The Morgan fingerprint density at radius 1 is 0.824 bits per heavy atom. The number of aliphatic hydroxyl groups excluding tert-OH is 1. The summed E-state index contributed by atoms with van der Waals surface area (Å²) in [6.45, 7) is 4.08. The van der Waals surface area contributed by atoms with Crippen LogP contribution < -0.4 is 0 Å². The van der Waals surface area contributed by atoms with Gasteiger partial charge in [0.05, 0.1) is 0 Å². The number of ether oxygens (including phenoxy) is 1. The Morgan fingerprint density at radius 3 is 1.53 bits per heavy atom. The summed E-state index contributed by atoms with van der Waals surface area (Å²) in [5.41, 5.74) is 0. The van der Waals surface area contributed by atoms with Crippen LogP contribution in [-0.2, 0) is 4.74 Å². The molecular weight excluding hydrogens is 212 g/mol. The highest BCUT2D eigenvalue weighted by Gasteiger charge is 1.91. The predicted octanol–water partition coefficient (Wildman–Crippen LogP) is 4.33. The van der Waals surface area contributed by atoms with Crippen LogP contribution in [0.5, 0.6) is 0 Å². The zero-order chi connectivity index (χ0) is 13.2. The van der Waals surface area contributed by atoms with Gasteiger partial charge in [0.15, 0.2) is 0 Å². The summed E-state index contributed by atoms with van der Waals surface area (Å²) in [5, 5.41) is 8.58. The Hall–Kier alpha value is -0.340. The minimum Gasteiger partial charge on any atom is -0.396 e. The van der Waals surface area contributed by atoms with Crippen molar-refractivity contribution in [2.24, 2.45) is 0 Å². The van der Waals surface area contributed by atoms with Crippen molar-refractivity contribution in [3.8, 4) is 0 Å². The lowest BCUT2D eigenvalue weighted by molar-refractivity contribution is 0.277. The summed E-state index contributed by atoms with van der Waals surface area (Å²) in [5.74, 6) is 0. The van der Waals surface area contributed by atoms with Gasteiger partial charge >= 0.3 is 0 Å². The van der Waals surface area contributed by atoms with Gasteiger partial charge in [0.25, 0.3) is 0 Å². The molecule has 17 heavy (non-hydrogen) atoms. The van der Waals surface area contributed by atoms with Crippen molar-refractivity contribution in [1.29, 1.82) is 0 Å². The Balaban J connectivity index is 0. The van der Waals surface area contributed by atoms with Crippen LogP contribution in [0.1, 0.15) is 64.2 Å². The molecule has 2 heteroatoms. The van der Waals surface area contributed by atoms with Crippen LogP contribution >= 0.6 is 0 Å². The molecule has 0 rings (SSSR count). The number of unbranched alkanes of at least 4 members (excludes halogenated alkanes) is 9. The first-order valence-electron chi connectivity index (χ1n) is 6.95. The van der Waals surface area contributed by atoms with Crippen molar-refractivity contribution >= 4 is 0 Å². The van der Waals surface area contributed by atoms with Gasteiger partial charge in [-0.25, -0.2) is 0 Å². The van der Waals surface area contributed by atoms with E-state index in [1.807, 2.05) is 6.08 Å². The molecule has 0 aliphatic carbocycles. The predicted molar refractivity (Wildman–Crippen MR) is 76.4 cm³/mol. The van der Waals surface area contributed by atoms with Crippen LogP contribution in [-0.4, -0.2) is 25.9 Å². The van der Waals surface area contributed by atoms with Gasteiger partial charge < -0.3 is 9.84 Å². The third-order valence-corrected chi connectivity index (χ3v) is 2.57. The normalized spacial score (nSPS) is 9.59. The van der Waals surface area contributed by atoms with Gasteiger partial charge in [-0.2, -0.15) is 0 Å². The molecule has 0 aliphatic rings. The molecule has 0 amide bonds. The fraction of sp³-hybridized carbons (Fsp3) is 0.867. The van der Waals surface area contributed by atoms with Gasteiger partial charge in [-0.15, -0.1) is 6.58 Å². The van der Waals surface area contributed by atoms with Gasteiger partial charge in [-0.3, -0.25) is 0 Å². The maximum atomic E-state index is 8.58. The second-order valence-corrected chi connectivity index (χ2v) is 4.39. The smallest absolute Gasteiger partial charge is 0.0431 e. The van der Waals surface area contributed by atoms with Crippen LogP contribution in [0.15, 0.2) is 12.7 Å². The third-order valence-electron chi connectivity index (χ3n) is 2.57. The van der Waals surface area contributed by atoms with Crippen molar-refractivity contribution in [2.45, 2.75) is 64.2 Å². The van der Waals surface area contributed by atoms with Gasteiger partial charge in [-0.05, 0) is 19.3 Å². The number of hydrogen-bond donors (Lipinski definition) is 1. The molecule has 0 aromatic heterocycles. The molecule has 0 spiro atoms. The van der Waals surface area contributed by atoms with E-state index in [4.69, 9.17) is 5.11 Å². The first-order chi connectivity index (χ1) is 8.33. The molecule has 2 nitrogen and oxygen atoms in total. The second-order valence-electron chi connectivity index (χ2n) is 4.39. The molecule has 0 radical (unpaired) electrons. The van der Waals surface area contributed by atoms with E-state index in [2.05, 4.69) is 11.3 Å². The highest BCUT2D eigenvalue weighted by molar-refractivity contribution is 4.65. The van der Waals surface area contributed by atoms with Crippen LogP contribution in [0.4, 0.5) is 0 Å². The minimum absolute atomic E-state index is 0.363. The van der Waals surface area contributed by atoms with E-state index in [0.29, 0.717) is 6.61 Å². The third kappa shape index (κ3) is 25.7. The van der Waals surface area contributed by atoms with E-state index < -0.39 is 0 Å². The monoisotopic (exact) mass is 244 g/mol. The van der Waals surface area contributed by atoms with Crippen molar-refractivity contribution in [3.63, 3.8) is 0 Å². The first-order valence-corrected chi connectivity index (χ1v) is 6.95. The lowest BCUT2D eigenvalue weighted by Gasteiger charge is -2.00. The molecule has 0 aromatic carbocycles. The van der Waals surface area contributed by atoms with Crippen molar-refractivity contribution in [3.05, 3.63) is 12.7 Å². The number of aliphatic hydroxyl groups is 1. The average Bonchev–Trinajstić information content (AvgIpc) is 2.33. The van der Waals surface area contributed by atoms with Crippen molar-refractivity contribution in [1.82, 2.24) is 0 Å². The molecular formula is C15H32O2. The van der Waals surface area contributed by atoms with Gasteiger partial charge in [0, 0.05) is 20.8 Å². The van der Waals surface area contributed by atoms with Crippen molar-refractivity contribution in [2.75, 3.05) is 20.8 Å². The summed E-state index contributed by atoms with van der Waals surface area (Å²) in [6.07, 6.45) is 14.8. The highest BCUT2D eigenvalue weighted by atomic mass is 16.4. The van der Waals surface area contributed by atoms with Crippen LogP contribution in [0.25, 0.3) is 0 Å². The largest absolute Gasteiger partial charge is 0.396 e. The molecule has 0 heterocycles. The molecule has 0 aromatic rings. The fourth-order valence-corrected chi connectivity index (χ4v) is 1.64. The SMILES string of the molecule is C=CCCCCCCCCCCCO.COC. The fourth-order valence-electron chi connectivity index (χ4n) is 1.64. The van der Waals surface area contributed by atoms with E-state index in [9.17, 15) is 0 Å². The molecule has 0 unspecified atom stereocenters. The average molecular weight is 244 g/mol. The molecule has 0 saturated heterocycles. The van der Waals surface area contributed by atoms with Gasteiger partial charge in [0.2, 0.25) is 0 Å². The quantitative estimate of drug-likeness (QED) is 0.433. The summed E-state index contributed by atoms with van der Waals surface area (Å²) in [7, 11) is 3.25. The zero-order valence-electron chi connectivity index (χ0n) is 11.9. The Bertz CT molecular complexity index is 124. The molecule has 0 saturated carbocycles. The molecule has 104 valence electrons. The number of allylic oxidation sites excluding steroid dienone is 1. The van der Waals surface area contributed by atoms with Crippen molar-refractivity contribution < 1.29 is 9.84 Å².